The zero-order valence-electron chi connectivity index (χ0n) is 18.6. The number of methoxy groups -OCH3 is 1. The smallest absolute Gasteiger partial charge is 0.255 e. The number of carbonyl (C=O) groups is 2. The van der Waals surface area contributed by atoms with E-state index in [-0.39, 0.29) is 11.8 Å². The highest BCUT2D eigenvalue weighted by Gasteiger charge is 2.23. The summed E-state index contributed by atoms with van der Waals surface area (Å²) < 4.78 is 5.20. The molecule has 1 heterocycles. The molecule has 6 nitrogen and oxygen atoms in total. The van der Waals surface area contributed by atoms with Crippen LogP contribution in [0.1, 0.15) is 26.9 Å². The standard InChI is InChI=1S/C26H23N3O3S2/c1-17-16-33-26(27-17)29-25(31)23(18-8-4-3-5-9-18)34-22-13-7-11-20(15-22)28-24(30)19-10-6-12-21(14-19)32-2/h3-16,23H,1-2H3,(H,28,30)(H,27,29,31). The van der Waals surface area contributed by atoms with E-state index in [2.05, 4.69) is 15.6 Å². The van der Waals surface area contributed by atoms with Crippen molar-refractivity contribution in [2.24, 2.45) is 0 Å². The molecule has 34 heavy (non-hydrogen) atoms. The number of rotatable bonds is 8. The van der Waals surface area contributed by atoms with Gasteiger partial charge >= 0.3 is 0 Å². The molecule has 4 rings (SSSR count). The Balaban J connectivity index is 1.53. The number of thiazole rings is 1. The van der Waals surface area contributed by atoms with Crippen molar-refractivity contribution in [2.45, 2.75) is 17.1 Å². The van der Waals surface area contributed by atoms with Crippen LogP contribution in [0.15, 0.2) is 89.1 Å². The van der Waals surface area contributed by atoms with E-state index in [1.54, 1.807) is 31.4 Å². The van der Waals surface area contributed by atoms with Crippen LogP contribution < -0.4 is 15.4 Å². The van der Waals surface area contributed by atoms with Crippen molar-refractivity contribution in [3.05, 3.63) is 101 Å². The lowest BCUT2D eigenvalue weighted by molar-refractivity contribution is -0.115. The van der Waals surface area contributed by atoms with Crippen molar-refractivity contribution in [1.82, 2.24) is 4.98 Å². The predicted molar refractivity (Wildman–Crippen MR) is 138 cm³/mol. The van der Waals surface area contributed by atoms with Gasteiger partial charge in [-0.2, -0.15) is 0 Å². The van der Waals surface area contributed by atoms with E-state index in [9.17, 15) is 9.59 Å². The predicted octanol–water partition coefficient (Wildman–Crippen LogP) is 6.18. The first-order valence-corrected chi connectivity index (χ1v) is 12.3. The summed E-state index contributed by atoms with van der Waals surface area (Å²) in [6.07, 6.45) is 0. The number of nitrogens with zero attached hydrogens (tertiary/aromatic N) is 1. The fourth-order valence-corrected chi connectivity index (χ4v) is 5.01. The second-order valence-corrected chi connectivity index (χ2v) is 9.44. The largest absolute Gasteiger partial charge is 0.497 e. The van der Waals surface area contributed by atoms with E-state index >= 15 is 0 Å². The Morgan fingerprint density at radius 3 is 2.50 bits per heavy atom. The number of amides is 2. The van der Waals surface area contributed by atoms with E-state index in [4.69, 9.17) is 4.74 Å². The van der Waals surface area contributed by atoms with Crippen LogP contribution in [0.5, 0.6) is 5.75 Å². The number of thioether (sulfide) groups is 1. The minimum atomic E-state index is -0.491. The summed E-state index contributed by atoms with van der Waals surface area (Å²) in [5.41, 5.74) is 2.88. The Labute approximate surface area is 206 Å². The average molecular weight is 490 g/mol. The number of aryl methyl sites for hydroxylation is 1. The first-order valence-electron chi connectivity index (χ1n) is 10.5. The van der Waals surface area contributed by atoms with Crippen LogP contribution >= 0.6 is 23.1 Å². The minimum Gasteiger partial charge on any atom is -0.497 e. The highest BCUT2D eigenvalue weighted by Crippen LogP contribution is 2.37. The molecule has 1 aromatic heterocycles. The maximum Gasteiger partial charge on any atom is 0.255 e. The summed E-state index contributed by atoms with van der Waals surface area (Å²) in [6.45, 7) is 1.89. The lowest BCUT2D eigenvalue weighted by Gasteiger charge is -2.17. The van der Waals surface area contributed by atoms with Crippen LogP contribution in [0, 0.1) is 6.92 Å². The Morgan fingerprint density at radius 1 is 0.971 bits per heavy atom. The van der Waals surface area contributed by atoms with Gasteiger partial charge in [-0.15, -0.1) is 23.1 Å². The van der Waals surface area contributed by atoms with Gasteiger partial charge in [-0.05, 0) is 48.9 Å². The van der Waals surface area contributed by atoms with Crippen LogP contribution in [0.25, 0.3) is 0 Å². The van der Waals surface area contributed by atoms with Gasteiger partial charge in [-0.3, -0.25) is 9.59 Å². The summed E-state index contributed by atoms with van der Waals surface area (Å²) >= 11 is 2.81. The fraction of sp³-hybridized carbons (Fsp3) is 0.115. The van der Waals surface area contributed by atoms with Gasteiger partial charge in [0.25, 0.3) is 5.91 Å². The maximum atomic E-state index is 13.2. The molecule has 2 amide bonds. The molecule has 0 aliphatic heterocycles. The van der Waals surface area contributed by atoms with Crippen molar-refractivity contribution in [1.29, 1.82) is 0 Å². The summed E-state index contributed by atoms with van der Waals surface area (Å²) in [5.74, 6) is 0.220. The molecule has 0 aliphatic carbocycles. The average Bonchev–Trinajstić information content (AvgIpc) is 3.27. The summed E-state index contributed by atoms with van der Waals surface area (Å²) in [6, 6.07) is 24.0. The molecule has 0 aliphatic rings. The highest BCUT2D eigenvalue weighted by molar-refractivity contribution is 8.00. The molecule has 1 unspecified atom stereocenters. The van der Waals surface area contributed by atoms with E-state index < -0.39 is 5.25 Å². The number of aromatic nitrogens is 1. The zero-order chi connectivity index (χ0) is 23.9. The lowest BCUT2D eigenvalue weighted by atomic mass is 10.1. The third-order valence-corrected chi connectivity index (χ3v) is 6.99. The Kier molecular flexibility index (Phi) is 7.61. The number of hydrogen-bond donors (Lipinski definition) is 2. The van der Waals surface area contributed by atoms with Gasteiger partial charge in [0, 0.05) is 21.5 Å². The van der Waals surface area contributed by atoms with E-state index in [1.807, 2.05) is 66.9 Å². The molecule has 3 aromatic carbocycles. The van der Waals surface area contributed by atoms with E-state index in [0.29, 0.717) is 22.1 Å². The Bertz CT molecular complexity index is 1290. The number of carbonyl (C=O) groups excluding carboxylic acids is 2. The zero-order valence-corrected chi connectivity index (χ0v) is 20.3. The van der Waals surface area contributed by atoms with Crippen molar-refractivity contribution >= 4 is 45.7 Å². The summed E-state index contributed by atoms with van der Waals surface area (Å²) in [5, 5.41) is 7.82. The van der Waals surface area contributed by atoms with Crippen LogP contribution in [0.2, 0.25) is 0 Å². The highest BCUT2D eigenvalue weighted by atomic mass is 32.2. The number of nitrogens with one attached hydrogen (secondary N) is 2. The maximum absolute atomic E-state index is 13.2. The van der Waals surface area contributed by atoms with Gasteiger partial charge < -0.3 is 15.4 Å². The molecule has 0 fully saturated rings. The second kappa shape index (κ2) is 11.0. The summed E-state index contributed by atoms with van der Waals surface area (Å²) in [7, 11) is 1.56. The molecule has 1 atom stereocenters. The van der Waals surface area contributed by atoms with Crippen LogP contribution in [0.3, 0.4) is 0 Å². The Morgan fingerprint density at radius 2 is 1.76 bits per heavy atom. The second-order valence-electron chi connectivity index (χ2n) is 7.41. The monoisotopic (exact) mass is 489 g/mol. The molecule has 0 spiro atoms. The summed E-state index contributed by atoms with van der Waals surface area (Å²) in [4.78, 5) is 31.1. The molecule has 0 radical (unpaired) electrons. The minimum absolute atomic E-state index is 0.156. The quantitative estimate of drug-likeness (QED) is 0.289. The van der Waals surface area contributed by atoms with Gasteiger partial charge in [-0.1, -0.05) is 42.5 Å². The SMILES string of the molecule is COc1cccc(C(=O)Nc2cccc(SC(C(=O)Nc3nc(C)cs3)c3ccccc3)c2)c1. The molecule has 172 valence electrons. The van der Waals surface area contributed by atoms with Crippen LogP contribution in [0.4, 0.5) is 10.8 Å². The van der Waals surface area contributed by atoms with Crippen molar-refractivity contribution < 1.29 is 14.3 Å². The number of anilines is 2. The normalized spacial score (nSPS) is 11.5. The molecular weight excluding hydrogens is 466 g/mol. The van der Waals surface area contributed by atoms with E-state index in [0.717, 1.165) is 16.2 Å². The number of benzene rings is 3. The molecular formula is C26H23N3O3S2. The number of ether oxygens (including phenoxy) is 1. The van der Waals surface area contributed by atoms with Crippen molar-refractivity contribution in [3.8, 4) is 5.75 Å². The third-order valence-electron chi connectivity index (χ3n) is 4.87. The van der Waals surface area contributed by atoms with Gasteiger partial charge in [-0.25, -0.2) is 4.98 Å². The van der Waals surface area contributed by atoms with Gasteiger partial charge in [0.15, 0.2) is 5.13 Å². The molecule has 0 bridgehead atoms. The lowest BCUT2D eigenvalue weighted by Crippen LogP contribution is -2.19. The first-order chi connectivity index (χ1) is 16.5. The number of hydrogen-bond acceptors (Lipinski definition) is 6. The van der Waals surface area contributed by atoms with Crippen molar-refractivity contribution in [2.75, 3.05) is 17.7 Å². The van der Waals surface area contributed by atoms with Crippen molar-refractivity contribution in [3.63, 3.8) is 0 Å². The molecule has 0 saturated carbocycles. The fourth-order valence-electron chi connectivity index (χ4n) is 3.23. The molecule has 0 saturated heterocycles. The van der Waals surface area contributed by atoms with Crippen LogP contribution in [-0.2, 0) is 4.79 Å². The third kappa shape index (κ3) is 6.03. The van der Waals surface area contributed by atoms with Gasteiger partial charge in [0.2, 0.25) is 5.91 Å². The molecule has 4 aromatic rings. The Hall–Kier alpha value is -3.62. The first kappa shape index (κ1) is 23.5. The van der Waals surface area contributed by atoms with Gasteiger partial charge in [0.1, 0.15) is 11.0 Å². The topological polar surface area (TPSA) is 80.3 Å². The van der Waals surface area contributed by atoms with Crippen LogP contribution in [-0.4, -0.2) is 23.9 Å². The van der Waals surface area contributed by atoms with E-state index in [1.165, 1.54) is 23.1 Å². The van der Waals surface area contributed by atoms with Gasteiger partial charge in [0.05, 0.1) is 12.8 Å². The molecule has 2 N–H and O–H groups in total. The molecule has 8 heteroatoms.